The molecule has 3 heterocycles. The highest BCUT2D eigenvalue weighted by molar-refractivity contribution is 5.83. The molecule has 1 aliphatic carbocycles. The Labute approximate surface area is 148 Å². The van der Waals surface area contributed by atoms with Crippen LogP contribution in [0.3, 0.4) is 0 Å². The van der Waals surface area contributed by atoms with Gasteiger partial charge in [-0.2, -0.15) is 0 Å². The quantitative estimate of drug-likeness (QED) is 0.850. The van der Waals surface area contributed by atoms with Crippen LogP contribution in [0.5, 0.6) is 0 Å². The summed E-state index contributed by atoms with van der Waals surface area (Å²) in [7, 11) is 2.03. The number of nitrogens with zero attached hydrogens (tertiary/aromatic N) is 5. The van der Waals surface area contributed by atoms with Crippen LogP contribution in [0, 0.1) is 5.92 Å². The Morgan fingerprint density at radius 2 is 2.16 bits per heavy atom. The fourth-order valence-electron chi connectivity index (χ4n) is 3.76. The van der Waals surface area contributed by atoms with Crippen molar-refractivity contribution in [1.29, 1.82) is 0 Å². The molecule has 1 amide bonds. The molecule has 2 atom stereocenters. The van der Waals surface area contributed by atoms with E-state index in [1.54, 1.807) is 6.20 Å². The first-order valence-corrected chi connectivity index (χ1v) is 9.09. The third-order valence-corrected chi connectivity index (χ3v) is 5.41. The Hall–Kier alpha value is -2.21. The minimum absolute atomic E-state index is 0.158. The highest BCUT2D eigenvalue weighted by Crippen LogP contribution is 2.48. The zero-order valence-electron chi connectivity index (χ0n) is 14.7. The Morgan fingerprint density at radius 3 is 2.92 bits per heavy atom. The van der Waals surface area contributed by atoms with Crippen LogP contribution < -0.4 is 0 Å². The Balaban J connectivity index is 1.32. The molecule has 0 N–H and O–H groups in total. The number of rotatable bonds is 4. The number of carbonyl (C=O) groups is 1. The second-order valence-corrected chi connectivity index (χ2v) is 7.14. The maximum Gasteiger partial charge on any atom is 0.226 e. The molecule has 132 valence electrons. The van der Waals surface area contributed by atoms with Crippen LogP contribution in [0.2, 0.25) is 0 Å². The lowest BCUT2D eigenvalue weighted by Crippen LogP contribution is -2.36. The van der Waals surface area contributed by atoms with Gasteiger partial charge in [0, 0.05) is 63.9 Å². The van der Waals surface area contributed by atoms with Crippen molar-refractivity contribution in [2.24, 2.45) is 13.0 Å². The van der Waals surface area contributed by atoms with Crippen molar-refractivity contribution in [1.82, 2.24) is 24.3 Å². The van der Waals surface area contributed by atoms with Gasteiger partial charge in [0.2, 0.25) is 5.91 Å². The SMILES string of the molecule is Cn1ccnc1CN1CCCN(C(=O)C2CC2c2cccnc2)CC1. The predicted octanol–water partition coefficient (Wildman–Crippen LogP) is 1.65. The van der Waals surface area contributed by atoms with Crippen molar-refractivity contribution >= 4 is 5.91 Å². The highest BCUT2D eigenvalue weighted by atomic mass is 16.2. The lowest BCUT2D eigenvalue weighted by Gasteiger charge is -2.22. The van der Waals surface area contributed by atoms with Crippen LogP contribution in [0.25, 0.3) is 0 Å². The number of amides is 1. The average molecular weight is 339 g/mol. The van der Waals surface area contributed by atoms with E-state index >= 15 is 0 Å². The minimum atomic E-state index is 0.158. The summed E-state index contributed by atoms with van der Waals surface area (Å²) in [4.78, 5) is 25.9. The average Bonchev–Trinajstić information content (AvgIpc) is 3.38. The van der Waals surface area contributed by atoms with Gasteiger partial charge in [0.1, 0.15) is 5.82 Å². The number of carbonyl (C=O) groups excluding carboxylic acids is 1. The number of hydrogen-bond acceptors (Lipinski definition) is 4. The molecule has 6 nitrogen and oxygen atoms in total. The maximum absolute atomic E-state index is 12.8. The van der Waals surface area contributed by atoms with Gasteiger partial charge in [-0.1, -0.05) is 6.07 Å². The van der Waals surface area contributed by atoms with Gasteiger partial charge >= 0.3 is 0 Å². The molecule has 2 unspecified atom stereocenters. The number of imidazole rings is 1. The third kappa shape index (κ3) is 3.58. The van der Waals surface area contributed by atoms with E-state index in [0.717, 1.165) is 51.4 Å². The molecular weight excluding hydrogens is 314 g/mol. The molecule has 2 fully saturated rings. The lowest BCUT2D eigenvalue weighted by atomic mass is 10.1. The van der Waals surface area contributed by atoms with Crippen molar-refractivity contribution < 1.29 is 4.79 Å². The molecule has 25 heavy (non-hydrogen) atoms. The molecular formula is C19H25N5O. The van der Waals surface area contributed by atoms with E-state index in [2.05, 4.69) is 30.4 Å². The summed E-state index contributed by atoms with van der Waals surface area (Å²) in [6.45, 7) is 4.48. The van der Waals surface area contributed by atoms with E-state index in [1.807, 2.05) is 31.7 Å². The molecule has 4 rings (SSSR count). The molecule has 6 heteroatoms. The van der Waals surface area contributed by atoms with Gasteiger partial charge in [0.05, 0.1) is 6.54 Å². The third-order valence-electron chi connectivity index (χ3n) is 5.41. The number of aromatic nitrogens is 3. The zero-order chi connectivity index (χ0) is 17.2. The highest BCUT2D eigenvalue weighted by Gasteiger charge is 2.45. The zero-order valence-corrected chi connectivity index (χ0v) is 14.7. The van der Waals surface area contributed by atoms with Crippen molar-refractivity contribution in [2.75, 3.05) is 26.2 Å². The molecule has 1 saturated carbocycles. The molecule has 1 aliphatic heterocycles. The smallest absolute Gasteiger partial charge is 0.226 e. The summed E-state index contributed by atoms with van der Waals surface area (Å²) in [6.07, 6.45) is 9.50. The molecule has 2 aliphatic rings. The maximum atomic E-state index is 12.8. The predicted molar refractivity (Wildman–Crippen MR) is 94.8 cm³/mol. The fraction of sp³-hybridized carbons (Fsp3) is 0.526. The molecule has 1 saturated heterocycles. The first-order chi connectivity index (χ1) is 12.2. The molecule has 0 aromatic carbocycles. The summed E-state index contributed by atoms with van der Waals surface area (Å²) in [6, 6.07) is 4.04. The summed E-state index contributed by atoms with van der Waals surface area (Å²) in [5, 5.41) is 0. The van der Waals surface area contributed by atoms with Gasteiger partial charge in [-0.25, -0.2) is 4.98 Å². The second kappa shape index (κ2) is 6.96. The monoisotopic (exact) mass is 339 g/mol. The number of aryl methyl sites for hydroxylation is 1. The normalized spacial score (nSPS) is 24.1. The van der Waals surface area contributed by atoms with Gasteiger partial charge in [-0.05, 0) is 30.4 Å². The molecule has 0 spiro atoms. The van der Waals surface area contributed by atoms with E-state index in [-0.39, 0.29) is 5.92 Å². The van der Waals surface area contributed by atoms with Crippen LogP contribution >= 0.6 is 0 Å². The van der Waals surface area contributed by atoms with E-state index in [1.165, 1.54) is 5.56 Å². The van der Waals surface area contributed by atoms with Gasteiger partial charge in [0.25, 0.3) is 0 Å². The van der Waals surface area contributed by atoms with Crippen LogP contribution in [0.4, 0.5) is 0 Å². The van der Waals surface area contributed by atoms with E-state index in [4.69, 9.17) is 0 Å². The summed E-state index contributed by atoms with van der Waals surface area (Å²) >= 11 is 0. The largest absolute Gasteiger partial charge is 0.341 e. The van der Waals surface area contributed by atoms with Crippen LogP contribution in [-0.4, -0.2) is 56.4 Å². The van der Waals surface area contributed by atoms with Gasteiger partial charge in [0.15, 0.2) is 0 Å². The van der Waals surface area contributed by atoms with Crippen molar-refractivity contribution in [2.45, 2.75) is 25.3 Å². The second-order valence-electron chi connectivity index (χ2n) is 7.14. The summed E-state index contributed by atoms with van der Waals surface area (Å²) in [5.74, 6) is 1.93. The van der Waals surface area contributed by atoms with Crippen molar-refractivity contribution in [3.05, 3.63) is 48.3 Å². The van der Waals surface area contributed by atoms with Crippen LogP contribution in [-0.2, 0) is 18.4 Å². The number of pyridine rings is 1. The molecule has 0 radical (unpaired) electrons. The topological polar surface area (TPSA) is 54.3 Å². The minimum Gasteiger partial charge on any atom is -0.341 e. The van der Waals surface area contributed by atoms with E-state index in [0.29, 0.717) is 11.8 Å². The van der Waals surface area contributed by atoms with Crippen LogP contribution in [0.15, 0.2) is 36.9 Å². The Morgan fingerprint density at radius 1 is 1.24 bits per heavy atom. The van der Waals surface area contributed by atoms with E-state index < -0.39 is 0 Å². The van der Waals surface area contributed by atoms with Crippen LogP contribution in [0.1, 0.15) is 30.1 Å². The van der Waals surface area contributed by atoms with Crippen molar-refractivity contribution in [3.63, 3.8) is 0 Å². The van der Waals surface area contributed by atoms with Gasteiger partial charge in [-0.3, -0.25) is 14.7 Å². The molecule has 2 aromatic rings. The van der Waals surface area contributed by atoms with E-state index in [9.17, 15) is 4.79 Å². The van der Waals surface area contributed by atoms with Crippen molar-refractivity contribution in [3.8, 4) is 0 Å². The number of hydrogen-bond donors (Lipinski definition) is 0. The fourth-order valence-corrected chi connectivity index (χ4v) is 3.76. The Bertz CT molecular complexity index is 728. The van der Waals surface area contributed by atoms with Gasteiger partial charge in [-0.15, -0.1) is 0 Å². The molecule has 2 aromatic heterocycles. The first kappa shape index (κ1) is 16.3. The standard InChI is InChI=1S/C19H25N5O/c1-22-9-6-21-18(22)14-23-7-3-8-24(11-10-23)19(25)17-12-16(17)15-4-2-5-20-13-15/h2,4-6,9,13,16-17H,3,7-8,10-12,14H2,1H3. The molecule has 0 bridgehead atoms. The first-order valence-electron chi connectivity index (χ1n) is 9.09. The Kier molecular flexibility index (Phi) is 4.53. The summed E-state index contributed by atoms with van der Waals surface area (Å²) < 4.78 is 2.07. The lowest BCUT2D eigenvalue weighted by molar-refractivity contribution is -0.132. The summed E-state index contributed by atoms with van der Waals surface area (Å²) in [5.41, 5.74) is 1.20. The van der Waals surface area contributed by atoms with Gasteiger partial charge < -0.3 is 9.47 Å².